The van der Waals surface area contributed by atoms with Crippen molar-refractivity contribution >= 4 is 11.6 Å². The lowest BCUT2D eigenvalue weighted by molar-refractivity contribution is 0.449. The number of aromatic nitrogens is 3. The van der Waals surface area contributed by atoms with Crippen LogP contribution < -0.4 is 4.74 Å². The third-order valence-electron chi connectivity index (χ3n) is 2.23. The van der Waals surface area contributed by atoms with Crippen LogP contribution in [-0.2, 0) is 0 Å². The molecular formula is C12H12ClN3O. The van der Waals surface area contributed by atoms with Gasteiger partial charge in [0.1, 0.15) is 17.2 Å². The van der Waals surface area contributed by atoms with E-state index in [0.29, 0.717) is 16.8 Å². The maximum absolute atomic E-state index is 6.04. The maximum atomic E-state index is 6.04. The second kappa shape index (κ2) is 5.10. The van der Waals surface area contributed by atoms with E-state index in [1.807, 2.05) is 19.9 Å². The minimum absolute atomic E-state index is 0.190. The monoisotopic (exact) mass is 249 g/mol. The van der Waals surface area contributed by atoms with Crippen LogP contribution in [0, 0.1) is 0 Å². The zero-order chi connectivity index (χ0) is 12.3. The minimum Gasteiger partial charge on any atom is -0.437 e. The molecule has 0 aliphatic carbocycles. The summed E-state index contributed by atoms with van der Waals surface area (Å²) in [7, 11) is 0. The Hall–Kier alpha value is -1.68. The Morgan fingerprint density at radius 1 is 1.29 bits per heavy atom. The minimum atomic E-state index is 0.190. The molecule has 2 rings (SSSR count). The van der Waals surface area contributed by atoms with E-state index < -0.39 is 0 Å². The molecule has 0 radical (unpaired) electrons. The molecule has 5 heteroatoms. The third kappa shape index (κ3) is 2.71. The molecular weight excluding hydrogens is 238 g/mol. The lowest BCUT2D eigenvalue weighted by Gasteiger charge is -2.12. The Kier molecular flexibility index (Phi) is 3.54. The molecule has 0 amide bonds. The number of rotatable bonds is 3. The molecule has 0 aliphatic rings. The summed E-state index contributed by atoms with van der Waals surface area (Å²) >= 11 is 6.04. The van der Waals surface area contributed by atoms with Crippen molar-refractivity contribution in [3.8, 4) is 11.6 Å². The second-order valence-electron chi connectivity index (χ2n) is 3.83. The zero-order valence-electron chi connectivity index (χ0n) is 9.59. The summed E-state index contributed by atoms with van der Waals surface area (Å²) < 4.78 is 5.65. The van der Waals surface area contributed by atoms with E-state index in [9.17, 15) is 0 Å². The lowest BCUT2D eigenvalue weighted by atomic mass is 10.1. The average molecular weight is 250 g/mol. The fraction of sp³-hybridized carbons (Fsp3) is 0.250. The molecule has 0 saturated heterocycles. The van der Waals surface area contributed by atoms with Crippen molar-refractivity contribution in [2.75, 3.05) is 0 Å². The molecule has 2 aromatic heterocycles. The highest BCUT2D eigenvalue weighted by atomic mass is 35.5. The van der Waals surface area contributed by atoms with E-state index in [0.717, 1.165) is 5.56 Å². The van der Waals surface area contributed by atoms with Crippen LogP contribution in [0.25, 0.3) is 0 Å². The summed E-state index contributed by atoms with van der Waals surface area (Å²) in [6.07, 6.45) is 4.70. The van der Waals surface area contributed by atoms with E-state index in [2.05, 4.69) is 15.0 Å². The Bertz CT molecular complexity index is 502. The van der Waals surface area contributed by atoms with Gasteiger partial charge in [-0.25, -0.2) is 9.97 Å². The van der Waals surface area contributed by atoms with Crippen molar-refractivity contribution in [2.24, 2.45) is 0 Å². The van der Waals surface area contributed by atoms with Crippen molar-refractivity contribution in [1.82, 2.24) is 15.0 Å². The smallest absolute Gasteiger partial charge is 0.227 e. The predicted octanol–water partition coefficient (Wildman–Crippen LogP) is 3.44. The van der Waals surface area contributed by atoms with Crippen LogP contribution in [-0.4, -0.2) is 15.0 Å². The van der Waals surface area contributed by atoms with Crippen molar-refractivity contribution in [2.45, 2.75) is 19.8 Å². The molecule has 2 aromatic rings. The summed E-state index contributed by atoms with van der Waals surface area (Å²) in [6.45, 7) is 4.03. The van der Waals surface area contributed by atoms with E-state index in [1.54, 1.807) is 18.5 Å². The van der Waals surface area contributed by atoms with Gasteiger partial charge in [0, 0.05) is 6.20 Å². The van der Waals surface area contributed by atoms with Gasteiger partial charge in [-0.05, 0) is 18.1 Å². The Morgan fingerprint density at radius 2 is 2.12 bits per heavy atom. The summed E-state index contributed by atoms with van der Waals surface area (Å²) in [5.41, 5.74) is 0.804. The molecule has 0 fully saturated rings. The summed E-state index contributed by atoms with van der Waals surface area (Å²) in [5, 5.41) is 0.425. The van der Waals surface area contributed by atoms with Crippen molar-refractivity contribution in [3.63, 3.8) is 0 Å². The standard InChI is InChI=1S/C12H12ClN3O/c1-8(2)10-11(13)15-7-16-12(10)17-9-4-3-5-14-6-9/h3-8H,1-2H3. The van der Waals surface area contributed by atoms with Gasteiger partial charge in [-0.2, -0.15) is 0 Å². The molecule has 0 aliphatic heterocycles. The van der Waals surface area contributed by atoms with Crippen LogP contribution in [0.1, 0.15) is 25.3 Å². The van der Waals surface area contributed by atoms with Crippen LogP contribution in [0.5, 0.6) is 11.6 Å². The molecule has 0 spiro atoms. The first-order valence-electron chi connectivity index (χ1n) is 5.26. The number of nitrogens with zero attached hydrogens (tertiary/aromatic N) is 3. The van der Waals surface area contributed by atoms with E-state index >= 15 is 0 Å². The first-order chi connectivity index (χ1) is 8.18. The molecule has 0 atom stereocenters. The highest BCUT2D eigenvalue weighted by Crippen LogP contribution is 2.32. The molecule has 0 unspecified atom stereocenters. The second-order valence-corrected chi connectivity index (χ2v) is 4.19. The van der Waals surface area contributed by atoms with Crippen LogP contribution in [0.2, 0.25) is 5.15 Å². The molecule has 0 N–H and O–H groups in total. The van der Waals surface area contributed by atoms with Gasteiger partial charge >= 0.3 is 0 Å². The average Bonchev–Trinajstić information content (AvgIpc) is 2.30. The van der Waals surface area contributed by atoms with Gasteiger partial charge in [0.15, 0.2) is 0 Å². The summed E-state index contributed by atoms with van der Waals surface area (Å²) in [4.78, 5) is 12.0. The van der Waals surface area contributed by atoms with Crippen molar-refractivity contribution in [1.29, 1.82) is 0 Å². The van der Waals surface area contributed by atoms with Crippen LogP contribution >= 0.6 is 11.6 Å². The zero-order valence-corrected chi connectivity index (χ0v) is 10.3. The SMILES string of the molecule is CC(C)c1c(Cl)ncnc1Oc1cccnc1. The normalized spacial score (nSPS) is 10.6. The van der Waals surface area contributed by atoms with E-state index in [4.69, 9.17) is 16.3 Å². The molecule has 0 aromatic carbocycles. The fourth-order valence-electron chi connectivity index (χ4n) is 1.44. The third-order valence-corrected chi connectivity index (χ3v) is 2.53. The van der Waals surface area contributed by atoms with Gasteiger partial charge in [0.25, 0.3) is 0 Å². The Balaban J connectivity index is 2.36. The number of pyridine rings is 1. The van der Waals surface area contributed by atoms with Crippen LogP contribution in [0.15, 0.2) is 30.9 Å². The van der Waals surface area contributed by atoms with Gasteiger partial charge in [0.05, 0.1) is 11.8 Å². The molecule has 4 nitrogen and oxygen atoms in total. The van der Waals surface area contributed by atoms with Gasteiger partial charge < -0.3 is 4.74 Å². The van der Waals surface area contributed by atoms with Crippen molar-refractivity contribution < 1.29 is 4.74 Å². The van der Waals surface area contributed by atoms with E-state index in [1.165, 1.54) is 6.33 Å². The molecule has 17 heavy (non-hydrogen) atoms. The van der Waals surface area contributed by atoms with Gasteiger partial charge in [-0.15, -0.1) is 0 Å². The maximum Gasteiger partial charge on any atom is 0.227 e. The van der Waals surface area contributed by atoms with Gasteiger partial charge in [-0.1, -0.05) is 25.4 Å². The van der Waals surface area contributed by atoms with Crippen molar-refractivity contribution in [3.05, 3.63) is 41.6 Å². The largest absolute Gasteiger partial charge is 0.437 e. The molecule has 0 saturated carbocycles. The Labute approximate surface area is 105 Å². The fourth-order valence-corrected chi connectivity index (χ4v) is 1.79. The Morgan fingerprint density at radius 3 is 2.76 bits per heavy atom. The van der Waals surface area contributed by atoms with Crippen LogP contribution in [0.4, 0.5) is 0 Å². The highest BCUT2D eigenvalue weighted by Gasteiger charge is 2.15. The van der Waals surface area contributed by atoms with E-state index in [-0.39, 0.29) is 5.92 Å². The molecule has 88 valence electrons. The van der Waals surface area contributed by atoms with Crippen LogP contribution in [0.3, 0.4) is 0 Å². The quantitative estimate of drug-likeness (QED) is 0.782. The topological polar surface area (TPSA) is 47.9 Å². The first kappa shape index (κ1) is 11.8. The molecule has 2 heterocycles. The summed E-state index contributed by atoms with van der Waals surface area (Å²) in [5.74, 6) is 1.30. The highest BCUT2D eigenvalue weighted by molar-refractivity contribution is 6.30. The van der Waals surface area contributed by atoms with Gasteiger partial charge in [-0.3, -0.25) is 4.98 Å². The number of ether oxygens (including phenoxy) is 1. The number of halogens is 1. The molecule has 0 bridgehead atoms. The first-order valence-corrected chi connectivity index (χ1v) is 5.64. The number of hydrogen-bond donors (Lipinski definition) is 0. The lowest BCUT2D eigenvalue weighted by Crippen LogP contribution is -1.99. The predicted molar refractivity (Wildman–Crippen MR) is 65.4 cm³/mol. The number of hydrogen-bond acceptors (Lipinski definition) is 4. The summed E-state index contributed by atoms with van der Waals surface area (Å²) in [6, 6.07) is 3.61. The van der Waals surface area contributed by atoms with Gasteiger partial charge in [0.2, 0.25) is 5.88 Å².